The summed E-state index contributed by atoms with van der Waals surface area (Å²) in [6.07, 6.45) is 1.96. The topological polar surface area (TPSA) is 41.6 Å². The number of hydrogen-bond acceptors (Lipinski definition) is 2. The van der Waals surface area contributed by atoms with Gasteiger partial charge in [0.1, 0.15) is 0 Å². The number of nitrogens with one attached hydrogen (secondary N) is 1. The Morgan fingerprint density at radius 2 is 2.37 bits per heavy atom. The van der Waals surface area contributed by atoms with Gasteiger partial charge in [-0.1, -0.05) is 28.1 Å². The fourth-order valence-electron chi connectivity index (χ4n) is 2.35. The van der Waals surface area contributed by atoms with Crippen LogP contribution in [-0.4, -0.2) is 38.2 Å². The summed E-state index contributed by atoms with van der Waals surface area (Å²) in [4.78, 5) is 13.7. The third-order valence-corrected chi connectivity index (χ3v) is 4.23. The van der Waals surface area contributed by atoms with Crippen molar-refractivity contribution in [3.05, 3.63) is 33.8 Å². The van der Waals surface area contributed by atoms with Crippen molar-refractivity contribution in [2.24, 2.45) is 0 Å². The molecule has 0 saturated carbocycles. The van der Waals surface area contributed by atoms with E-state index in [1.54, 1.807) is 19.1 Å². The molecule has 0 heterocycles. The summed E-state index contributed by atoms with van der Waals surface area (Å²) in [5.41, 5.74) is 2.54. The highest BCUT2D eigenvalue weighted by Crippen LogP contribution is 2.35. The van der Waals surface area contributed by atoms with Crippen molar-refractivity contribution < 1.29 is 9.53 Å². The smallest absolute Gasteiger partial charge is 0.317 e. The van der Waals surface area contributed by atoms with Gasteiger partial charge in [0.15, 0.2) is 0 Å². The molecule has 0 radical (unpaired) electrons. The van der Waals surface area contributed by atoms with E-state index in [1.807, 2.05) is 12.1 Å². The third-order valence-electron chi connectivity index (χ3n) is 3.49. The minimum atomic E-state index is -0.0464. The molecule has 0 bridgehead atoms. The first-order chi connectivity index (χ1) is 9.13. The predicted molar refractivity (Wildman–Crippen MR) is 78.2 cm³/mol. The fraction of sp³-hybridized carbons (Fsp3) is 0.500. The van der Waals surface area contributed by atoms with Gasteiger partial charge in [0, 0.05) is 25.2 Å². The van der Waals surface area contributed by atoms with Crippen molar-refractivity contribution >= 4 is 22.0 Å². The molecule has 0 spiro atoms. The Kier molecular flexibility index (Phi) is 4.82. The van der Waals surface area contributed by atoms with E-state index < -0.39 is 0 Å². The summed E-state index contributed by atoms with van der Waals surface area (Å²) < 4.78 is 6.11. The Morgan fingerprint density at radius 3 is 3.11 bits per heavy atom. The zero-order valence-electron chi connectivity index (χ0n) is 11.3. The number of rotatable bonds is 4. The van der Waals surface area contributed by atoms with Gasteiger partial charge in [0.2, 0.25) is 0 Å². The maximum Gasteiger partial charge on any atom is 0.317 e. The highest BCUT2D eigenvalue weighted by atomic mass is 79.9. The average Bonchev–Trinajstić information content (AvgIpc) is 2.80. The zero-order valence-corrected chi connectivity index (χ0v) is 12.9. The number of ether oxygens (including phenoxy) is 1. The number of carbonyl (C=O) groups is 1. The number of fused-ring (bicyclic) bond motifs is 1. The van der Waals surface area contributed by atoms with Crippen molar-refractivity contribution in [1.29, 1.82) is 0 Å². The van der Waals surface area contributed by atoms with E-state index in [2.05, 4.69) is 27.3 Å². The summed E-state index contributed by atoms with van der Waals surface area (Å²) in [5.74, 6) is 0. The Labute approximate surface area is 122 Å². The molecule has 4 nitrogen and oxygen atoms in total. The minimum Gasteiger partial charge on any atom is -0.383 e. The summed E-state index contributed by atoms with van der Waals surface area (Å²) in [6.45, 7) is 1.15. The molecule has 2 amide bonds. The van der Waals surface area contributed by atoms with Crippen molar-refractivity contribution in [1.82, 2.24) is 10.2 Å². The molecule has 0 aromatic heterocycles. The van der Waals surface area contributed by atoms with E-state index in [9.17, 15) is 4.79 Å². The number of methoxy groups -OCH3 is 1. The Bertz CT molecular complexity index is 465. The van der Waals surface area contributed by atoms with Crippen LogP contribution in [0.25, 0.3) is 0 Å². The van der Waals surface area contributed by atoms with E-state index in [1.165, 1.54) is 11.1 Å². The molecule has 0 saturated heterocycles. The summed E-state index contributed by atoms with van der Waals surface area (Å²) in [5, 5.41) is 3.08. The number of carbonyl (C=O) groups excluding carboxylic acids is 1. The normalized spacial score (nSPS) is 17.1. The highest BCUT2D eigenvalue weighted by Gasteiger charge is 2.26. The number of urea groups is 1. The van der Waals surface area contributed by atoms with E-state index in [-0.39, 0.29) is 12.1 Å². The molecule has 0 aliphatic heterocycles. The number of hydrogen-bond donors (Lipinski definition) is 1. The largest absolute Gasteiger partial charge is 0.383 e. The maximum atomic E-state index is 12.0. The Balaban J connectivity index is 1.99. The number of amides is 2. The first-order valence-corrected chi connectivity index (χ1v) is 7.20. The molecule has 1 aromatic rings. The van der Waals surface area contributed by atoms with Crippen LogP contribution in [0, 0.1) is 0 Å². The molecular weight excluding hydrogens is 308 g/mol. The van der Waals surface area contributed by atoms with Gasteiger partial charge in [0.05, 0.1) is 12.6 Å². The second-order valence-electron chi connectivity index (χ2n) is 4.76. The molecule has 1 aliphatic rings. The number of nitrogens with zero attached hydrogens (tertiary/aromatic N) is 1. The third kappa shape index (κ3) is 3.28. The lowest BCUT2D eigenvalue weighted by Crippen LogP contribution is -2.40. The van der Waals surface area contributed by atoms with Crippen LogP contribution in [0.2, 0.25) is 0 Å². The lowest BCUT2D eigenvalue weighted by molar-refractivity contribution is 0.158. The number of benzene rings is 1. The number of likely N-dealkylation sites (N-methyl/N-ethyl adjacent to an activating group) is 1. The Hall–Kier alpha value is -1.07. The quantitative estimate of drug-likeness (QED) is 0.924. The molecule has 1 aliphatic carbocycles. The van der Waals surface area contributed by atoms with E-state index >= 15 is 0 Å². The van der Waals surface area contributed by atoms with Gasteiger partial charge in [-0.25, -0.2) is 4.79 Å². The van der Waals surface area contributed by atoms with Crippen LogP contribution in [-0.2, 0) is 11.2 Å². The average molecular weight is 327 g/mol. The monoisotopic (exact) mass is 326 g/mol. The molecule has 0 unspecified atom stereocenters. The van der Waals surface area contributed by atoms with Gasteiger partial charge in [0.25, 0.3) is 0 Å². The molecule has 5 heteroatoms. The van der Waals surface area contributed by atoms with Crippen LogP contribution in [0.1, 0.15) is 23.6 Å². The van der Waals surface area contributed by atoms with Crippen LogP contribution in [0.3, 0.4) is 0 Å². The molecule has 0 fully saturated rings. The summed E-state index contributed by atoms with van der Waals surface area (Å²) >= 11 is 3.56. The Morgan fingerprint density at radius 1 is 1.58 bits per heavy atom. The van der Waals surface area contributed by atoms with Crippen LogP contribution < -0.4 is 5.32 Å². The molecular formula is C14H19BrN2O2. The lowest BCUT2D eigenvalue weighted by atomic mass is 10.1. The first-order valence-electron chi connectivity index (χ1n) is 6.41. The molecule has 2 rings (SSSR count). The minimum absolute atomic E-state index is 0.0464. The number of halogens is 1. The van der Waals surface area contributed by atoms with E-state index in [0.717, 1.165) is 17.3 Å². The molecule has 1 atom stereocenters. The van der Waals surface area contributed by atoms with Crippen LogP contribution in [0.15, 0.2) is 22.7 Å². The van der Waals surface area contributed by atoms with Crippen molar-refractivity contribution in [3.63, 3.8) is 0 Å². The van der Waals surface area contributed by atoms with E-state index in [0.29, 0.717) is 13.2 Å². The van der Waals surface area contributed by atoms with Crippen molar-refractivity contribution in [3.8, 4) is 0 Å². The van der Waals surface area contributed by atoms with Gasteiger partial charge in [-0.3, -0.25) is 0 Å². The van der Waals surface area contributed by atoms with Crippen molar-refractivity contribution in [2.75, 3.05) is 27.3 Å². The molecule has 19 heavy (non-hydrogen) atoms. The summed E-state index contributed by atoms with van der Waals surface area (Å²) in [7, 11) is 3.42. The van der Waals surface area contributed by atoms with Gasteiger partial charge >= 0.3 is 6.03 Å². The van der Waals surface area contributed by atoms with Gasteiger partial charge in [-0.15, -0.1) is 0 Å². The second-order valence-corrected chi connectivity index (χ2v) is 5.62. The highest BCUT2D eigenvalue weighted by molar-refractivity contribution is 9.10. The SMILES string of the molecule is COCCN(C)C(=O)N[C@H]1CCc2c(Br)cccc21. The standard InChI is InChI=1S/C14H19BrN2O2/c1-17(8-9-19-2)14(18)16-13-7-6-10-11(13)4-3-5-12(10)15/h3-5,13H,6-9H2,1-2H3,(H,16,18)/t13-/m0/s1. The van der Waals surface area contributed by atoms with Gasteiger partial charge in [-0.05, 0) is 30.0 Å². The maximum absolute atomic E-state index is 12.0. The van der Waals surface area contributed by atoms with E-state index in [4.69, 9.17) is 4.74 Å². The van der Waals surface area contributed by atoms with Gasteiger partial charge < -0.3 is 15.0 Å². The van der Waals surface area contributed by atoms with Crippen molar-refractivity contribution in [2.45, 2.75) is 18.9 Å². The lowest BCUT2D eigenvalue weighted by Gasteiger charge is -2.21. The van der Waals surface area contributed by atoms with Crippen LogP contribution in [0.5, 0.6) is 0 Å². The first kappa shape index (κ1) is 14.3. The van der Waals surface area contributed by atoms with Crippen LogP contribution >= 0.6 is 15.9 Å². The van der Waals surface area contributed by atoms with Gasteiger partial charge in [-0.2, -0.15) is 0 Å². The second kappa shape index (κ2) is 6.39. The molecule has 1 aromatic carbocycles. The predicted octanol–water partition coefficient (Wildman–Crippen LogP) is 2.72. The zero-order chi connectivity index (χ0) is 13.8. The fourth-order valence-corrected chi connectivity index (χ4v) is 2.93. The summed E-state index contributed by atoms with van der Waals surface area (Å²) in [6, 6.07) is 6.23. The molecule has 104 valence electrons. The van der Waals surface area contributed by atoms with Crippen LogP contribution in [0.4, 0.5) is 4.79 Å². The molecule has 1 N–H and O–H groups in total.